The highest BCUT2D eigenvalue weighted by molar-refractivity contribution is 5.77. The lowest BCUT2D eigenvalue weighted by Crippen LogP contribution is -2.29. The second-order valence-corrected chi connectivity index (χ2v) is 4.27. The lowest BCUT2D eigenvalue weighted by Gasteiger charge is -2.08. The van der Waals surface area contributed by atoms with E-state index in [2.05, 4.69) is 19.2 Å². The van der Waals surface area contributed by atoms with Crippen LogP contribution in [0.4, 0.5) is 0 Å². The van der Waals surface area contributed by atoms with Gasteiger partial charge in [-0.3, -0.25) is 4.79 Å². The van der Waals surface area contributed by atoms with Crippen molar-refractivity contribution in [2.45, 2.75) is 26.2 Å². The molecule has 0 saturated heterocycles. The first-order valence-corrected chi connectivity index (χ1v) is 6.00. The van der Waals surface area contributed by atoms with Gasteiger partial charge in [-0.25, -0.2) is 0 Å². The summed E-state index contributed by atoms with van der Waals surface area (Å²) in [5, 5.41) is 10.9. The Hall–Kier alpha value is -2.02. The van der Waals surface area contributed by atoms with Crippen LogP contribution in [0.5, 0.6) is 5.75 Å². The Morgan fingerprint density at radius 1 is 1.39 bits per heavy atom. The summed E-state index contributed by atoms with van der Waals surface area (Å²) in [6.45, 7) is 4.59. The van der Waals surface area contributed by atoms with E-state index in [-0.39, 0.29) is 12.5 Å². The van der Waals surface area contributed by atoms with E-state index in [0.717, 1.165) is 0 Å². The van der Waals surface area contributed by atoms with E-state index < -0.39 is 0 Å². The summed E-state index contributed by atoms with van der Waals surface area (Å²) >= 11 is 0. The summed E-state index contributed by atoms with van der Waals surface area (Å²) in [5.74, 6) is 0.946. The van der Waals surface area contributed by atoms with Crippen molar-refractivity contribution in [1.29, 1.82) is 5.26 Å². The van der Waals surface area contributed by atoms with Gasteiger partial charge in [0.15, 0.2) is 6.61 Å². The Kier molecular flexibility index (Phi) is 5.72. The van der Waals surface area contributed by atoms with Gasteiger partial charge in [0.1, 0.15) is 5.75 Å². The largest absolute Gasteiger partial charge is 0.484 e. The molecule has 0 heterocycles. The molecule has 0 spiro atoms. The van der Waals surface area contributed by atoms with Crippen molar-refractivity contribution < 1.29 is 9.53 Å². The maximum Gasteiger partial charge on any atom is 0.257 e. The van der Waals surface area contributed by atoms with Crippen molar-refractivity contribution in [2.24, 2.45) is 0 Å². The van der Waals surface area contributed by atoms with Crippen molar-refractivity contribution in [1.82, 2.24) is 5.32 Å². The average molecular weight is 246 g/mol. The average Bonchev–Trinajstić information content (AvgIpc) is 2.37. The van der Waals surface area contributed by atoms with Crippen molar-refractivity contribution in [3.8, 4) is 11.8 Å². The second-order valence-electron chi connectivity index (χ2n) is 4.27. The van der Waals surface area contributed by atoms with Gasteiger partial charge >= 0.3 is 0 Å². The highest BCUT2D eigenvalue weighted by Gasteiger charge is 2.03. The van der Waals surface area contributed by atoms with Crippen molar-refractivity contribution in [3.05, 3.63) is 29.8 Å². The van der Waals surface area contributed by atoms with Crippen molar-refractivity contribution in [3.63, 3.8) is 0 Å². The SMILES string of the molecule is CC(C)c1ccc(OCC(=O)NCCC#N)cc1. The normalized spacial score (nSPS) is 9.89. The van der Waals surface area contributed by atoms with Gasteiger partial charge in [-0.2, -0.15) is 5.26 Å². The molecule has 1 rings (SSSR count). The predicted octanol–water partition coefficient (Wildman–Crippen LogP) is 2.22. The minimum Gasteiger partial charge on any atom is -0.484 e. The molecule has 0 atom stereocenters. The smallest absolute Gasteiger partial charge is 0.257 e. The molecule has 18 heavy (non-hydrogen) atoms. The van der Waals surface area contributed by atoms with Crippen molar-refractivity contribution in [2.75, 3.05) is 13.2 Å². The minimum atomic E-state index is -0.210. The van der Waals surface area contributed by atoms with Crippen LogP contribution >= 0.6 is 0 Å². The number of nitrogens with one attached hydrogen (secondary N) is 1. The van der Waals surface area contributed by atoms with Crippen LogP contribution in [0.25, 0.3) is 0 Å². The number of ether oxygens (including phenoxy) is 1. The zero-order valence-corrected chi connectivity index (χ0v) is 10.8. The Bertz CT molecular complexity index is 418. The quantitative estimate of drug-likeness (QED) is 0.783. The number of amides is 1. The molecule has 1 N–H and O–H groups in total. The Morgan fingerprint density at radius 3 is 2.61 bits per heavy atom. The Morgan fingerprint density at radius 2 is 2.06 bits per heavy atom. The molecule has 0 aliphatic heterocycles. The van der Waals surface area contributed by atoms with E-state index in [1.54, 1.807) is 0 Å². The molecule has 1 aromatic carbocycles. The molecule has 0 radical (unpaired) electrons. The highest BCUT2D eigenvalue weighted by Crippen LogP contribution is 2.18. The molecule has 1 aromatic rings. The summed E-state index contributed by atoms with van der Waals surface area (Å²) in [6, 6.07) is 9.66. The van der Waals surface area contributed by atoms with E-state index in [9.17, 15) is 4.79 Å². The second kappa shape index (κ2) is 7.33. The minimum absolute atomic E-state index is 0.0214. The molecular weight excluding hydrogens is 228 g/mol. The molecule has 0 fully saturated rings. The van der Waals surface area contributed by atoms with Crippen molar-refractivity contribution >= 4 is 5.91 Å². The van der Waals surface area contributed by atoms with E-state index >= 15 is 0 Å². The van der Waals surface area contributed by atoms with Gasteiger partial charge < -0.3 is 10.1 Å². The first kappa shape index (κ1) is 14.0. The van der Waals surface area contributed by atoms with Gasteiger partial charge in [0.05, 0.1) is 12.5 Å². The number of nitrogens with zero attached hydrogens (tertiary/aromatic N) is 1. The predicted molar refractivity (Wildman–Crippen MR) is 69.3 cm³/mol. The summed E-state index contributed by atoms with van der Waals surface area (Å²) in [7, 11) is 0. The van der Waals surface area contributed by atoms with Crippen LogP contribution in [0.15, 0.2) is 24.3 Å². The number of hydrogen-bond acceptors (Lipinski definition) is 3. The third kappa shape index (κ3) is 4.88. The fourth-order valence-electron chi connectivity index (χ4n) is 1.41. The summed E-state index contributed by atoms with van der Waals surface area (Å²) in [5.41, 5.74) is 1.24. The molecule has 96 valence electrons. The summed E-state index contributed by atoms with van der Waals surface area (Å²) in [6.07, 6.45) is 0.314. The molecule has 0 aromatic heterocycles. The Balaban J connectivity index is 2.35. The fourth-order valence-corrected chi connectivity index (χ4v) is 1.41. The molecule has 0 aliphatic carbocycles. The number of benzene rings is 1. The van der Waals surface area contributed by atoms with Crippen LogP contribution in [0, 0.1) is 11.3 Å². The maximum absolute atomic E-state index is 11.3. The van der Waals surface area contributed by atoms with Crippen LogP contribution in [0.3, 0.4) is 0 Å². The summed E-state index contributed by atoms with van der Waals surface area (Å²) < 4.78 is 5.34. The molecule has 4 nitrogen and oxygen atoms in total. The van der Waals surface area contributed by atoms with E-state index in [1.165, 1.54) is 5.56 Å². The molecule has 0 unspecified atom stereocenters. The Labute approximate surface area is 108 Å². The number of carbonyl (C=O) groups is 1. The van der Waals surface area contributed by atoms with Crippen LogP contribution in [-0.4, -0.2) is 19.1 Å². The van der Waals surface area contributed by atoms with Gasteiger partial charge in [0.2, 0.25) is 0 Å². The number of rotatable bonds is 6. The first-order valence-electron chi connectivity index (χ1n) is 6.00. The topological polar surface area (TPSA) is 62.1 Å². The first-order chi connectivity index (χ1) is 8.63. The molecule has 0 saturated carbocycles. The van der Waals surface area contributed by atoms with E-state index in [0.29, 0.717) is 24.6 Å². The number of hydrogen-bond donors (Lipinski definition) is 1. The monoisotopic (exact) mass is 246 g/mol. The molecule has 0 bridgehead atoms. The molecule has 4 heteroatoms. The zero-order valence-electron chi connectivity index (χ0n) is 10.8. The van der Waals surface area contributed by atoms with Gasteiger partial charge in [-0.15, -0.1) is 0 Å². The lowest BCUT2D eigenvalue weighted by molar-refractivity contribution is -0.123. The third-order valence-electron chi connectivity index (χ3n) is 2.48. The van der Waals surface area contributed by atoms with Gasteiger partial charge in [-0.1, -0.05) is 26.0 Å². The van der Waals surface area contributed by atoms with Crippen LogP contribution in [0.2, 0.25) is 0 Å². The van der Waals surface area contributed by atoms with Crippen LogP contribution in [-0.2, 0) is 4.79 Å². The van der Waals surface area contributed by atoms with E-state index in [1.807, 2.05) is 30.3 Å². The maximum atomic E-state index is 11.3. The highest BCUT2D eigenvalue weighted by atomic mass is 16.5. The van der Waals surface area contributed by atoms with Gasteiger partial charge in [0.25, 0.3) is 5.91 Å². The van der Waals surface area contributed by atoms with Crippen LogP contribution < -0.4 is 10.1 Å². The number of nitriles is 1. The third-order valence-corrected chi connectivity index (χ3v) is 2.48. The molecule has 1 amide bonds. The van der Waals surface area contributed by atoms with Gasteiger partial charge in [0, 0.05) is 6.54 Å². The lowest BCUT2D eigenvalue weighted by atomic mass is 10.0. The molecular formula is C14H18N2O2. The number of carbonyl (C=O) groups excluding carboxylic acids is 1. The van der Waals surface area contributed by atoms with E-state index in [4.69, 9.17) is 10.00 Å². The fraction of sp³-hybridized carbons (Fsp3) is 0.429. The van der Waals surface area contributed by atoms with Crippen LogP contribution in [0.1, 0.15) is 31.7 Å². The van der Waals surface area contributed by atoms with Gasteiger partial charge in [-0.05, 0) is 23.6 Å². The zero-order chi connectivity index (χ0) is 13.4. The standard InChI is InChI=1S/C14H18N2O2/c1-11(2)12-4-6-13(7-5-12)18-10-14(17)16-9-3-8-15/h4-7,11H,3,9-10H2,1-2H3,(H,16,17). The molecule has 0 aliphatic rings. The summed E-state index contributed by atoms with van der Waals surface area (Å²) in [4.78, 5) is 11.3.